The van der Waals surface area contributed by atoms with Crippen LogP contribution in [-0.4, -0.2) is 32.2 Å². The summed E-state index contributed by atoms with van der Waals surface area (Å²) in [6, 6.07) is 4.98. The van der Waals surface area contributed by atoms with Crippen LogP contribution < -0.4 is 9.47 Å². The van der Waals surface area contributed by atoms with E-state index in [0.717, 1.165) is 35.7 Å². The Labute approximate surface area is 186 Å². The lowest BCUT2D eigenvalue weighted by atomic mass is 9.81. The van der Waals surface area contributed by atoms with Crippen LogP contribution in [0.1, 0.15) is 91.3 Å². The molecule has 2 heterocycles. The number of piperidine rings is 1. The fourth-order valence-corrected chi connectivity index (χ4v) is 4.92. The summed E-state index contributed by atoms with van der Waals surface area (Å²) in [6.45, 7) is 18.6. The Morgan fingerprint density at radius 1 is 1.03 bits per heavy atom. The number of rotatable bonds is 5. The quantitative estimate of drug-likeness (QED) is 0.508. The molecule has 1 saturated heterocycles. The molecule has 0 bridgehead atoms. The molecular formula is C27H47NO2. The van der Waals surface area contributed by atoms with Crippen molar-refractivity contribution in [1.29, 1.82) is 0 Å². The zero-order chi connectivity index (χ0) is 22.5. The molecule has 2 aliphatic rings. The molecule has 1 aromatic rings. The highest BCUT2D eigenvalue weighted by Gasteiger charge is 2.34. The summed E-state index contributed by atoms with van der Waals surface area (Å²) in [4.78, 5) is 2.70. The molecule has 0 aliphatic carbocycles. The molecule has 0 spiro atoms. The molecule has 0 N–H and O–H groups in total. The van der Waals surface area contributed by atoms with Gasteiger partial charge in [-0.15, -0.1) is 0 Å². The Morgan fingerprint density at radius 2 is 1.67 bits per heavy atom. The third-order valence-electron chi connectivity index (χ3n) is 7.35. The lowest BCUT2D eigenvalue weighted by molar-refractivity contribution is 0.0894. The molecule has 0 amide bonds. The molecule has 30 heavy (non-hydrogen) atoms. The van der Waals surface area contributed by atoms with E-state index in [-0.39, 0.29) is 0 Å². The molecule has 3 unspecified atom stereocenters. The Bertz CT molecular complexity index is 662. The van der Waals surface area contributed by atoms with E-state index in [1.807, 2.05) is 0 Å². The van der Waals surface area contributed by atoms with Gasteiger partial charge in [0, 0.05) is 19.1 Å². The summed E-state index contributed by atoms with van der Waals surface area (Å²) in [5.41, 5.74) is 3.42. The third kappa shape index (κ3) is 6.39. The van der Waals surface area contributed by atoms with Crippen LogP contribution in [0.2, 0.25) is 0 Å². The summed E-state index contributed by atoms with van der Waals surface area (Å²) >= 11 is 0. The Kier molecular flexibility index (Phi) is 9.09. The first-order valence-electron chi connectivity index (χ1n) is 12.1. The van der Waals surface area contributed by atoms with Crippen LogP contribution in [-0.2, 0) is 6.42 Å². The van der Waals surface area contributed by atoms with Gasteiger partial charge in [0.05, 0.1) is 14.2 Å². The van der Waals surface area contributed by atoms with Gasteiger partial charge >= 0.3 is 0 Å². The van der Waals surface area contributed by atoms with E-state index in [4.69, 9.17) is 9.47 Å². The zero-order valence-electron chi connectivity index (χ0n) is 21.2. The minimum Gasteiger partial charge on any atom is -0.493 e. The van der Waals surface area contributed by atoms with Crippen LogP contribution in [0.5, 0.6) is 11.5 Å². The maximum atomic E-state index is 5.51. The number of ether oxygens (including phenoxy) is 2. The number of hydrogen-bond donors (Lipinski definition) is 0. The van der Waals surface area contributed by atoms with E-state index in [1.165, 1.54) is 49.9 Å². The number of fused-ring (bicyclic) bond motifs is 3. The smallest absolute Gasteiger partial charge is 0.161 e. The lowest BCUT2D eigenvalue weighted by Crippen LogP contribution is -2.42. The van der Waals surface area contributed by atoms with E-state index in [0.29, 0.717) is 11.5 Å². The van der Waals surface area contributed by atoms with Crippen molar-refractivity contribution in [1.82, 2.24) is 4.90 Å². The highest BCUT2D eigenvalue weighted by Crippen LogP contribution is 2.43. The predicted molar refractivity (Wildman–Crippen MR) is 129 cm³/mol. The molecule has 3 nitrogen and oxygen atoms in total. The predicted octanol–water partition coefficient (Wildman–Crippen LogP) is 7.14. The Hall–Kier alpha value is -1.22. The van der Waals surface area contributed by atoms with Gasteiger partial charge < -0.3 is 9.47 Å². The van der Waals surface area contributed by atoms with Crippen molar-refractivity contribution in [3.8, 4) is 11.5 Å². The van der Waals surface area contributed by atoms with Crippen molar-refractivity contribution >= 4 is 0 Å². The van der Waals surface area contributed by atoms with E-state index in [9.17, 15) is 0 Å². The summed E-state index contributed by atoms with van der Waals surface area (Å²) in [5, 5.41) is 0. The Balaban J connectivity index is 0.000000343. The molecule has 2 aliphatic heterocycles. The van der Waals surface area contributed by atoms with Crippen LogP contribution in [0, 0.1) is 23.2 Å². The summed E-state index contributed by atoms with van der Waals surface area (Å²) in [5.74, 6) is 4.26. The van der Waals surface area contributed by atoms with Gasteiger partial charge in [0.15, 0.2) is 11.5 Å². The Morgan fingerprint density at radius 3 is 2.17 bits per heavy atom. The number of hydrogen-bond acceptors (Lipinski definition) is 3. The first kappa shape index (κ1) is 25.0. The van der Waals surface area contributed by atoms with Crippen molar-refractivity contribution in [2.75, 3.05) is 27.3 Å². The van der Waals surface area contributed by atoms with Crippen LogP contribution in [0.3, 0.4) is 0 Å². The van der Waals surface area contributed by atoms with Crippen LogP contribution in [0.4, 0.5) is 0 Å². The minimum atomic E-state index is 0.509. The van der Waals surface area contributed by atoms with Gasteiger partial charge in [-0.1, -0.05) is 54.9 Å². The van der Waals surface area contributed by atoms with Gasteiger partial charge in [-0.05, 0) is 72.1 Å². The standard InChI is InChI=1S/C19H29NO2.C8H18/c1-13(2)9-14-5-6-17-16-11-19(22-4)18(21-3)10-15(16)7-8-20(17)12-14;1-6-7(2)8(3,4)5/h10-11,13-14,17H,5-9,12H2,1-4H3;7H,6H2,1-5H3. The van der Waals surface area contributed by atoms with Gasteiger partial charge in [-0.3, -0.25) is 4.90 Å². The molecule has 3 rings (SSSR count). The number of methoxy groups -OCH3 is 2. The second kappa shape index (κ2) is 10.9. The molecule has 3 atom stereocenters. The average Bonchev–Trinajstić information content (AvgIpc) is 2.71. The van der Waals surface area contributed by atoms with E-state index >= 15 is 0 Å². The second-order valence-corrected chi connectivity index (χ2v) is 10.9. The molecule has 172 valence electrons. The van der Waals surface area contributed by atoms with E-state index in [1.54, 1.807) is 14.2 Å². The maximum absolute atomic E-state index is 5.51. The highest BCUT2D eigenvalue weighted by atomic mass is 16.5. The maximum Gasteiger partial charge on any atom is 0.161 e. The first-order valence-corrected chi connectivity index (χ1v) is 12.1. The zero-order valence-corrected chi connectivity index (χ0v) is 21.2. The third-order valence-corrected chi connectivity index (χ3v) is 7.35. The highest BCUT2D eigenvalue weighted by molar-refractivity contribution is 5.49. The fourth-order valence-electron chi connectivity index (χ4n) is 4.92. The number of nitrogens with zero attached hydrogens (tertiary/aromatic N) is 1. The molecular weight excluding hydrogens is 370 g/mol. The van der Waals surface area contributed by atoms with Gasteiger partial charge in [-0.2, -0.15) is 0 Å². The van der Waals surface area contributed by atoms with Crippen molar-refractivity contribution in [2.24, 2.45) is 23.2 Å². The van der Waals surface area contributed by atoms with Crippen molar-refractivity contribution < 1.29 is 9.47 Å². The molecule has 3 heteroatoms. The van der Waals surface area contributed by atoms with Crippen molar-refractivity contribution in [3.63, 3.8) is 0 Å². The SMILES string of the molecule is CCC(C)C(C)(C)C.COc1cc2c(cc1OC)C1CCC(CC(C)C)CN1CC2. The van der Waals surface area contributed by atoms with Crippen molar-refractivity contribution in [3.05, 3.63) is 23.3 Å². The van der Waals surface area contributed by atoms with Crippen LogP contribution in [0.15, 0.2) is 12.1 Å². The second-order valence-electron chi connectivity index (χ2n) is 10.9. The van der Waals surface area contributed by atoms with E-state index in [2.05, 4.69) is 65.5 Å². The summed E-state index contributed by atoms with van der Waals surface area (Å²) in [6.07, 6.45) is 6.42. The summed E-state index contributed by atoms with van der Waals surface area (Å²) in [7, 11) is 3.45. The van der Waals surface area contributed by atoms with Gasteiger partial charge in [0.25, 0.3) is 0 Å². The average molecular weight is 418 g/mol. The topological polar surface area (TPSA) is 21.7 Å². The largest absolute Gasteiger partial charge is 0.493 e. The van der Waals surface area contributed by atoms with Gasteiger partial charge in [-0.25, -0.2) is 0 Å². The fraction of sp³-hybridized carbons (Fsp3) is 0.778. The molecule has 0 radical (unpaired) electrons. The van der Waals surface area contributed by atoms with Crippen LogP contribution >= 0.6 is 0 Å². The number of benzene rings is 1. The lowest BCUT2D eigenvalue weighted by Gasteiger charge is -2.44. The van der Waals surface area contributed by atoms with Crippen molar-refractivity contribution in [2.45, 2.75) is 86.6 Å². The van der Waals surface area contributed by atoms with Gasteiger partial charge in [0.2, 0.25) is 0 Å². The van der Waals surface area contributed by atoms with Gasteiger partial charge in [0.1, 0.15) is 0 Å². The molecule has 1 fully saturated rings. The monoisotopic (exact) mass is 417 g/mol. The minimum absolute atomic E-state index is 0.509. The summed E-state index contributed by atoms with van der Waals surface area (Å²) < 4.78 is 11.0. The molecule has 1 aromatic carbocycles. The molecule has 0 aromatic heterocycles. The van der Waals surface area contributed by atoms with Crippen LogP contribution in [0.25, 0.3) is 0 Å². The molecule has 0 saturated carbocycles. The van der Waals surface area contributed by atoms with E-state index < -0.39 is 0 Å². The first-order chi connectivity index (χ1) is 14.1. The normalized spacial score (nSPS) is 22.5.